The third-order valence-electron chi connectivity index (χ3n) is 4.43. The van der Waals surface area contributed by atoms with E-state index in [1.165, 1.54) is 5.56 Å². The van der Waals surface area contributed by atoms with Crippen LogP contribution >= 0.6 is 27.5 Å². The molecular formula is C20H24BrClFN. The molecule has 130 valence electrons. The van der Waals surface area contributed by atoms with E-state index in [9.17, 15) is 4.39 Å². The molecule has 1 aliphatic rings. The fourth-order valence-corrected chi connectivity index (χ4v) is 3.49. The maximum Gasteiger partial charge on any atom is 0.165 e. The van der Waals surface area contributed by atoms with E-state index in [4.69, 9.17) is 11.6 Å². The second-order valence-electron chi connectivity index (χ2n) is 5.84. The summed E-state index contributed by atoms with van der Waals surface area (Å²) >= 11 is 9.50. The summed E-state index contributed by atoms with van der Waals surface area (Å²) in [5, 5.41) is 0.243. The molecule has 1 heterocycles. The fourth-order valence-electron chi connectivity index (χ4n) is 3.07. The first-order valence-electron chi connectivity index (χ1n) is 8.51. The van der Waals surface area contributed by atoms with Crippen LogP contribution < -0.4 is 4.90 Å². The molecule has 0 aliphatic carbocycles. The van der Waals surface area contributed by atoms with Crippen LogP contribution in [0, 0.1) is 12.7 Å². The number of nitrogens with zero attached hydrogens (tertiary/aromatic N) is 1. The smallest absolute Gasteiger partial charge is 0.165 e. The summed E-state index contributed by atoms with van der Waals surface area (Å²) in [5.41, 5.74) is 2.78. The lowest BCUT2D eigenvalue weighted by molar-refractivity contribution is 0.497. The molecule has 0 atom stereocenters. The molecule has 4 heteroatoms. The molecule has 0 spiro atoms. The fraction of sp³-hybridized carbons (Fsp3) is 0.400. The SMILES string of the molecule is CC.Cc1ccc(N2CCC(c3ccc(Br)cc3)CC2)c(F)c1Cl. The molecule has 1 fully saturated rings. The third kappa shape index (κ3) is 4.31. The normalized spacial score (nSPS) is 15.0. The van der Waals surface area contributed by atoms with E-state index in [1.54, 1.807) is 0 Å². The summed E-state index contributed by atoms with van der Waals surface area (Å²) in [7, 11) is 0. The molecule has 24 heavy (non-hydrogen) atoms. The van der Waals surface area contributed by atoms with Crippen LogP contribution in [0.5, 0.6) is 0 Å². The van der Waals surface area contributed by atoms with Gasteiger partial charge >= 0.3 is 0 Å². The van der Waals surface area contributed by atoms with Crippen molar-refractivity contribution in [2.45, 2.75) is 39.5 Å². The summed E-state index contributed by atoms with van der Waals surface area (Å²) in [6.45, 7) is 7.54. The van der Waals surface area contributed by atoms with Gasteiger partial charge in [-0.1, -0.05) is 59.6 Å². The lowest BCUT2D eigenvalue weighted by Gasteiger charge is -2.34. The Hall–Kier alpha value is -1.06. The minimum absolute atomic E-state index is 0.243. The van der Waals surface area contributed by atoms with Crippen LogP contribution in [0.25, 0.3) is 0 Å². The van der Waals surface area contributed by atoms with Crippen molar-refractivity contribution >= 4 is 33.2 Å². The Bertz CT molecular complexity index is 664. The van der Waals surface area contributed by atoms with Crippen molar-refractivity contribution in [3.05, 3.63) is 62.8 Å². The molecule has 3 rings (SSSR count). The van der Waals surface area contributed by atoms with Crippen molar-refractivity contribution in [2.24, 2.45) is 0 Å². The third-order valence-corrected chi connectivity index (χ3v) is 5.42. The number of piperidine rings is 1. The number of aryl methyl sites for hydroxylation is 1. The predicted molar refractivity (Wildman–Crippen MR) is 106 cm³/mol. The maximum atomic E-state index is 14.3. The molecule has 1 aliphatic heterocycles. The molecule has 1 saturated heterocycles. The Labute approximate surface area is 158 Å². The second-order valence-corrected chi connectivity index (χ2v) is 7.14. The summed E-state index contributed by atoms with van der Waals surface area (Å²) in [6, 6.07) is 12.3. The molecule has 0 bridgehead atoms. The molecule has 0 radical (unpaired) electrons. The maximum absolute atomic E-state index is 14.3. The van der Waals surface area contributed by atoms with Gasteiger partial charge in [0.15, 0.2) is 5.82 Å². The van der Waals surface area contributed by atoms with E-state index in [2.05, 4.69) is 45.1 Å². The average Bonchev–Trinajstić information content (AvgIpc) is 2.63. The standard InChI is InChI=1S/C18H18BrClFN.C2H6/c1-12-2-7-16(18(21)17(12)20)22-10-8-14(9-11-22)13-3-5-15(19)6-4-13;1-2/h2-7,14H,8-11H2,1H3;1-2H3. The quantitative estimate of drug-likeness (QED) is 0.515. The number of hydrogen-bond acceptors (Lipinski definition) is 1. The van der Waals surface area contributed by atoms with Crippen molar-refractivity contribution in [2.75, 3.05) is 18.0 Å². The molecule has 0 saturated carbocycles. The molecule has 0 amide bonds. The molecule has 0 aromatic heterocycles. The molecule has 1 nitrogen and oxygen atoms in total. The number of hydrogen-bond donors (Lipinski definition) is 0. The molecule has 0 unspecified atom stereocenters. The first-order chi connectivity index (χ1) is 11.6. The number of anilines is 1. The van der Waals surface area contributed by atoms with Gasteiger partial charge < -0.3 is 4.90 Å². The zero-order chi connectivity index (χ0) is 17.7. The van der Waals surface area contributed by atoms with E-state index >= 15 is 0 Å². The minimum atomic E-state index is -0.288. The molecule has 0 N–H and O–H groups in total. The molecule has 2 aromatic rings. The molecule has 2 aromatic carbocycles. The van der Waals surface area contributed by atoms with Crippen molar-refractivity contribution in [3.63, 3.8) is 0 Å². The lowest BCUT2D eigenvalue weighted by atomic mass is 9.89. The summed E-state index contributed by atoms with van der Waals surface area (Å²) in [5.74, 6) is 0.261. The van der Waals surface area contributed by atoms with Gasteiger partial charge in [0.2, 0.25) is 0 Å². The van der Waals surface area contributed by atoms with Gasteiger partial charge in [0.05, 0.1) is 10.7 Å². The van der Waals surface area contributed by atoms with Crippen LogP contribution in [-0.4, -0.2) is 13.1 Å². The zero-order valence-corrected chi connectivity index (χ0v) is 16.8. The highest BCUT2D eigenvalue weighted by molar-refractivity contribution is 9.10. The monoisotopic (exact) mass is 411 g/mol. The Kier molecular flexibility index (Phi) is 7.12. The van der Waals surface area contributed by atoms with E-state index in [-0.39, 0.29) is 10.8 Å². The minimum Gasteiger partial charge on any atom is -0.369 e. The first-order valence-corrected chi connectivity index (χ1v) is 9.68. The Morgan fingerprint density at radius 2 is 1.62 bits per heavy atom. The van der Waals surface area contributed by atoms with E-state index in [0.29, 0.717) is 11.6 Å². The summed E-state index contributed by atoms with van der Waals surface area (Å²) < 4.78 is 15.4. The van der Waals surface area contributed by atoms with Gasteiger partial charge in [0, 0.05) is 17.6 Å². The molecular weight excluding hydrogens is 389 g/mol. The van der Waals surface area contributed by atoms with Crippen molar-refractivity contribution < 1.29 is 4.39 Å². The van der Waals surface area contributed by atoms with Crippen molar-refractivity contribution in [3.8, 4) is 0 Å². The zero-order valence-electron chi connectivity index (χ0n) is 14.5. The van der Waals surface area contributed by atoms with E-state index in [0.717, 1.165) is 36.0 Å². The van der Waals surface area contributed by atoms with E-state index in [1.807, 2.05) is 32.9 Å². The van der Waals surface area contributed by atoms with Gasteiger partial charge in [0.25, 0.3) is 0 Å². The number of halogens is 3. The van der Waals surface area contributed by atoms with Crippen LogP contribution in [0.2, 0.25) is 5.02 Å². The van der Waals surface area contributed by atoms with Crippen molar-refractivity contribution in [1.29, 1.82) is 0 Å². The van der Waals surface area contributed by atoms with Gasteiger partial charge in [-0.15, -0.1) is 0 Å². The van der Waals surface area contributed by atoms with Crippen LogP contribution in [0.15, 0.2) is 40.9 Å². The number of rotatable bonds is 2. The van der Waals surface area contributed by atoms with Gasteiger partial charge in [-0.05, 0) is 55.0 Å². The highest BCUT2D eigenvalue weighted by Crippen LogP contribution is 2.34. The summed E-state index contributed by atoms with van der Waals surface area (Å²) in [6.07, 6.45) is 2.07. The van der Waals surface area contributed by atoms with Gasteiger partial charge in [-0.3, -0.25) is 0 Å². The largest absolute Gasteiger partial charge is 0.369 e. The van der Waals surface area contributed by atoms with Crippen LogP contribution in [0.3, 0.4) is 0 Å². The second kappa shape index (κ2) is 8.87. The van der Waals surface area contributed by atoms with Gasteiger partial charge in [-0.2, -0.15) is 0 Å². The topological polar surface area (TPSA) is 3.24 Å². The average molecular weight is 413 g/mol. The predicted octanol–water partition coefficient (Wildman–Crippen LogP) is 6.96. The van der Waals surface area contributed by atoms with Gasteiger partial charge in [-0.25, -0.2) is 4.39 Å². The Morgan fingerprint density at radius 3 is 2.21 bits per heavy atom. The Morgan fingerprint density at radius 1 is 1.04 bits per heavy atom. The summed E-state index contributed by atoms with van der Waals surface area (Å²) in [4.78, 5) is 2.11. The highest BCUT2D eigenvalue weighted by atomic mass is 79.9. The Balaban J connectivity index is 0.00000100. The van der Waals surface area contributed by atoms with Crippen LogP contribution in [-0.2, 0) is 0 Å². The van der Waals surface area contributed by atoms with Crippen LogP contribution in [0.1, 0.15) is 43.7 Å². The van der Waals surface area contributed by atoms with Crippen molar-refractivity contribution in [1.82, 2.24) is 0 Å². The first kappa shape index (κ1) is 19.3. The lowest BCUT2D eigenvalue weighted by Crippen LogP contribution is -2.33. The number of benzene rings is 2. The van der Waals surface area contributed by atoms with Gasteiger partial charge in [0.1, 0.15) is 0 Å². The van der Waals surface area contributed by atoms with E-state index < -0.39 is 0 Å². The van der Waals surface area contributed by atoms with Crippen LogP contribution in [0.4, 0.5) is 10.1 Å². The highest BCUT2D eigenvalue weighted by Gasteiger charge is 2.23.